The van der Waals surface area contributed by atoms with Gasteiger partial charge < -0.3 is 4.57 Å². The van der Waals surface area contributed by atoms with Crippen LogP contribution in [-0.4, -0.2) is 22.3 Å². The maximum absolute atomic E-state index is 13.2. The van der Waals surface area contributed by atoms with Crippen molar-refractivity contribution in [2.45, 2.75) is 24.0 Å². The Bertz CT molecular complexity index is 985. The highest BCUT2D eigenvalue weighted by atomic mass is 32.2. The Morgan fingerprint density at radius 3 is 2.48 bits per heavy atom. The van der Waals surface area contributed by atoms with Gasteiger partial charge in [0.25, 0.3) is 0 Å². The van der Waals surface area contributed by atoms with Crippen LogP contribution in [0.5, 0.6) is 0 Å². The predicted molar refractivity (Wildman–Crippen MR) is 90.5 cm³/mol. The Morgan fingerprint density at radius 1 is 1.04 bits per heavy atom. The zero-order valence-electron chi connectivity index (χ0n) is 13.3. The molecule has 0 aliphatic carbocycles. The van der Waals surface area contributed by atoms with Crippen molar-refractivity contribution in [2.75, 3.05) is 0 Å². The van der Waals surface area contributed by atoms with E-state index in [1.165, 1.54) is 16.4 Å². The zero-order chi connectivity index (χ0) is 17.4. The maximum atomic E-state index is 13.2. The molecule has 0 saturated carbocycles. The molecule has 0 N–H and O–H groups in total. The van der Waals surface area contributed by atoms with Crippen molar-refractivity contribution in [2.24, 2.45) is 0 Å². The normalized spacial score (nSPS) is 18.0. The van der Waals surface area contributed by atoms with Crippen molar-refractivity contribution in [1.82, 2.24) is 13.9 Å². The highest BCUT2D eigenvalue weighted by Gasteiger charge is 2.37. The molecule has 5 nitrogen and oxygen atoms in total. The van der Waals surface area contributed by atoms with E-state index in [0.29, 0.717) is 12.4 Å². The zero-order valence-corrected chi connectivity index (χ0v) is 14.1. The quantitative estimate of drug-likeness (QED) is 0.724. The van der Waals surface area contributed by atoms with Gasteiger partial charge in [0.1, 0.15) is 11.6 Å². The number of fused-ring (bicyclic) bond motifs is 1. The van der Waals surface area contributed by atoms with Gasteiger partial charge in [-0.1, -0.05) is 30.3 Å². The lowest BCUT2D eigenvalue weighted by atomic mass is 10.1. The van der Waals surface area contributed by atoms with Gasteiger partial charge in [-0.05, 0) is 29.8 Å². The van der Waals surface area contributed by atoms with Crippen LogP contribution in [0.3, 0.4) is 0 Å². The first-order chi connectivity index (χ1) is 12.1. The second-order valence-electron chi connectivity index (χ2n) is 5.93. The van der Waals surface area contributed by atoms with Gasteiger partial charge in [0.05, 0.1) is 17.5 Å². The van der Waals surface area contributed by atoms with E-state index in [9.17, 15) is 12.8 Å². The summed E-state index contributed by atoms with van der Waals surface area (Å²) in [6.45, 7) is 0.659. The number of hydrogen-bond acceptors (Lipinski definition) is 3. The molecule has 0 bridgehead atoms. The first-order valence-corrected chi connectivity index (χ1v) is 9.32. The van der Waals surface area contributed by atoms with Crippen LogP contribution in [0.4, 0.5) is 4.39 Å². The number of rotatable bonds is 3. The van der Waals surface area contributed by atoms with E-state index < -0.39 is 15.8 Å². The number of imidazole rings is 1. The lowest BCUT2D eigenvalue weighted by molar-refractivity contribution is 0.243. The Labute approximate surface area is 145 Å². The highest BCUT2D eigenvalue weighted by molar-refractivity contribution is 7.89. The van der Waals surface area contributed by atoms with Crippen LogP contribution in [0.25, 0.3) is 0 Å². The molecule has 0 unspecified atom stereocenters. The highest BCUT2D eigenvalue weighted by Crippen LogP contribution is 2.34. The van der Waals surface area contributed by atoms with Crippen LogP contribution in [0.15, 0.2) is 71.9 Å². The van der Waals surface area contributed by atoms with E-state index in [-0.39, 0.29) is 17.5 Å². The Kier molecular flexibility index (Phi) is 3.89. The lowest BCUT2D eigenvalue weighted by Crippen LogP contribution is -2.41. The van der Waals surface area contributed by atoms with Gasteiger partial charge in [0.15, 0.2) is 0 Å². The third-order valence-electron chi connectivity index (χ3n) is 4.42. The van der Waals surface area contributed by atoms with Crippen LogP contribution < -0.4 is 0 Å². The summed E-state index contributed by atoms with van der Waals surface area (Å²) in [7, 11) is -3.78. The Morgan fingerprint density at radius 2 is 1.76 bits per heavy atom. The number of hydrogen-bond donors (Lipinski definition) is 0. The maximum Gasteiger partial charge on any atom is 0.244 e. The summed E-state index contributed by atoms with van der Waals surface area (Å²) < 4.78 is 43.0. The summed E-state index contributed by atoms with van der Waals surface area (Å²) in [4.78, 5) is 4.33. The minimum Gasteiger partial charge on any atom is -0.332 e. The molecule has 1 aromatic heterocycles. The van der Waals surface area contributed by atoms with Gasteiger partial charge in [0.2, 0.25) is 10.0 Å². The third-order valence-corrected chi connectivity index (χ3v) is 6.29. The fraction of sp³-hybridized carbons (Fsp3) is 0.167. The van der Waals surface area contributed by atoms with Crippen LogP contribution in [0, 0.1) is 5.82 Å². The molecule has 2 aromatic carbocycles. The summed E-state index contributed by atoms with van der Waals surface area (Å²) in [6.07, 6.45) is 3.53. The number of nitrogens with zero attached hydrogens (tertiary/aromatic N) is 3. The standard InChI is InChI=1S/C18H16FN3O2S/c19-15-6-8-16(9-7-15)25(23,24)22-13-18-20-10-11-21(18)12-17(22)14-4-2-1-3-5-14/h1-11,17H,12-13H2/t17-/m1/s1. The van der Waals surface area contributed by atoms with E-state index in [4.69, 9.17) is 0 Å². The number of sulfonamides is 1. The Balaban J connectivity index is 1.80. The third kappa shape index (κ3) is 2.85. The van der Waals surface area contributed by atoms with E-state index in [0.717, 1.165) is 17.7 Å². The molecule has 1 aliphatic heterocycles. The van der Waals surface area contributed by atoms with Crippen molar-refractivity contribution in [3.05, 3.63) is 84.2 Å². The van der Waals surface area contributed by atoms with E-state index >= 15 is 0 Å². The van der Waals surface area contributed by atoms with E-state index in [1.807, 2.05) is 41.1 Å². The largest absolute Gasteiger partial charge is 0.332 e. The first kappa shape index (κ1) is 16.0. The Hall–Kier alpha value is -2.51. The van der Waals surface area contributed by atoms with Crippen molar-refractivity contribution in [1.29, 1.82) is 0 Å². The molecule has 128 valence electrons. The molecule has 7 heteroatoms. The molecule has 1 aliphatic rings. The molecular formula is C18H16FN3O2S. The van der Waals surface area contributed by atoms with Gasteiger partial charge in [-0.25, -0.2) is 17.8 Å². The predicted octanol–water partition coefficient (Wildman–Crippen LogP) is 2.97. The summed E-state index contributed by atoms with van der Waals surface area (Å²) in [6, 6.07) is 14.1. The molecule has 1 atom stereocenters. The fourth-order valence-corrected chi connectivity index (χ4v) is 4.69. The minimum atomic E-state index is -3.78. The summed E-state index contributed by atoms with van der Waals surface area (Å²) in [5, 5.41) is 0. The SMILES string of the molecule is O=S(=O)(c1ccc(F)cc1)N1Cc2nccn2C[C@@H]1c1ccccc1. The van der Waals surface area contributed by atoms with Gasteiger partial charge >= 0.3 is 0 Å². The molecule has 0 amide bonds. The average molecular weight is 357 g/mol. The second kappa shape index (κ2) is 6.09. The van der Waals surface area contributed by atoms with Gasteiger partial charge in [-0.3, -0.25) is 0 Å². The first-order valence-electron chi connectivity index (χ1n) is 7.88. The average Bonchev–Trinajstić information content (AvgIpc) is 3.09. The second-order valence-corrected chi connectivity index (χ2v) is 7.82. The molecular weight excluding hydrogens is 341 g/mol. The minimum absolute atomic E-state index is 0.0786. The van der Waals surface area contributed by atoms with Crippen LogP contribution in [-0.2, 0) is 23.1 Å². The molecule has 25 heavy (non-hydrogen) atoms. The van der Waals surface area contributed by atoms with Crippen LogP contribution in [0.1, 0.15) is 17.4 Å². The van der Waals surface area contributed by atoms with Crippen molar-refractivity contribution >= 4 is 10.0 Å². The molecule has 0 saturated heterocycles. The van der Waals surface area contributed by atoms with Gasteiger partial charge in [0, 0.05) is 18.9 Å². The van der Waals surface area contributed by atoms with Crippen LogP contribution >= 0.6 is 0 Å². The van der Waals surface area contributed by atoms with E-state index in [2.05, 4.69) is 4.98 Å². The summed E-state index contributed by atoms with van der Waals surface area (Å²) in [5.74, 6) is 0.227. The topological polar surface area (TPSA) is 55.2 Å². The molecule has 4 rings (SSSR count). The molecule has 3 aromatic rings. The molecule has 0 spiro atoms. The van der Waals surface area contributed by atoms with Gasteiger partial charge in [-0.2, -0.15) is 4.31 Å². The molecule has 0 fully saturated rings. The van der Waals surface area contributed by atoms with Crippen molar-refractivity contribution < 1.29 is 12.8 Å². The lowest BCUT2D eigenvalue weighted by Gasteiger charge is -2.35. The number of halogens is 1. The molecule has 0 radical (unpaired) electrons. The van der Waals surface area contributed by atoms with Crippen LogP contribution in [0.2, 0.25) is 0 Å². The van der Waals surface area contributed by atoms with Crippen molar-refractivity contribution in [3.8, 4) is 0 Å². The summed E-state index contributed by atoms with van der Waals surface area (Å²) in [5.41, 5.74) is 0.910. The molecule has 2 heterocycles. The van der Waals surface area contributed by atoms with E-state index in [1.54, 1.807) is 6.20 Å². The monoisotopic (exact) mass is 357 g/mol. The number of aromatic nitrogens is 2. The smallest absolute Gasteiger partial charge is 0.244 e. The van der Waals surface area contributed by atoms with Gasteiger partial charge in [-0.15, -0.1) is 0 Å². The summed E-state index contributed by atoms with van der Waals surface area (Å²) >= 11 is 0. The fourth-order valence-electron chi connectivity index (χ4n) is 3.13. The van der Waals surface area contributed by atoms with Crippen molar-refractivity contribution in [3.63, 3.8) is 0 Å². The number of benzene rings is 2.